The number of nitrogens with two attached hydrogens (primary N) is 1. The Morgan fingerprint density at radius 2 is 2.15 bits per heavy atom. The van der Waals surface area contributed by atoms with E-state index in [1.165, 1.54) is 25.1 Å². The molecule has 26 heavy (non-hydrogen) atoms. The van der Waals surface area contributed by atoms with Crippen LogP contribution in [0.4, 0.5) is 20.3 Å². The van der Waals surface area contributed by atoms with Gasteiger partial charge in [0.05, 0.1) is 17.9 Å². The number of hydrogen-bond acceptors (Lipinski definition) is 4. The fourth-order valence-corrected chi connectivity index (χ4v) is 2.27. The Morgan fingerprint density at radius 1 is 1.38 bits per heavy atom. The molecular weight excluding hydrogens is 340 g/mol. The molecule has 0 aliphatic carbocycles. The third-order valence-electron chi connectivity index (χ3n) is 3.70. The second kappa shape index (κ2) is 8.94. The number of unbranched alkanes of at least 4 members (excludes halogenated alkanes) is 2. The van der Waals surface area contributed by atoms with E-state index in [9.17, 15) is 13.6 Å². The molecule has 2 rings (SSSR count). The predicted molar refractivity (Wildman–Crippen MR) is 97.2 cm³/mol. The number of ether oxygens (including phenoxy) is 1. The summed E-state index contributed by atoms with van der Waals surface area (Å²) in [5.41, 5.74) is 5.66. The summed E-state index contributed by atoms with van der Waals surface area (Å²) in [5, 5.41) is 2.42. The quantitative estimate of drug-likeness (QED) is 0.419. The summed E-state index contributed by atoms with van der Waals surface area (Å²) in [6, 6.07) is 5.72. The lowest BCUT2D eigenvalue weighted by Gasteiger charge is -2.12. The number of nitrogens with one attached hydrogen (secondary N) is 1. The second-order valence-corrected chi connectivity index (χ2v) is 5.73. The van der Waals surface area contributed by atoms with Gasteiger partial charge < -0.3 is 15.8 Å². The van der Waals surface area contributed by atoms with Crippen LogP contribution in [-0.4, -0.2) is 17.5 Å². The van der Waals surface area contributed by atoms with Crippen molar-refractivity contribution in [1.82, 2.24) is 4.98 Å². The van der Waals surface area contributed by atoms with Crippen LogP contribution in [0.25, 0.3) is 0 Å². The summed E-state index contributed by atoms with van der Waals surface area (Å²) in [7, 11) is 0. The Hall–Kier alpha value is -2.96. The van der Waals surface area contributed by atoms with Gasteiger partial charge in [0.1, 0.15) is 5.82 Å². The highest BCUT2D eigenvalue weighted by Crippen LogP contribution is 2.26. The van der Waals surface area contributed by atoms with Gasteiger partial charge in [-0.3, -0.25) is 4.79 Å². The zero-order valence-electron chi connectivity index (χ0n) is 14.5. The first kappa shape index (κ1) is 19.4. The van der Waals surface area contributed by atoms with Gasteiger partial charge in [-0.15, -0.1) is 6.58 Å². The minimum absolute atomic E-state index is 0.0287. The molecule has 0 spiro atoms. The van der Waals surface area contributed by atoms with Crippen molar-refractivity contribution >= 4 is 17.4 Å². The molecule has 0 aliphatic rings. The van der Waals surface area contributed by atoms with Gasteiger partial charge in [-0.2, -0.15) is 4.39 Å². The minimum Gasteiger partial charge on any atom is -0.490 e. The number of benzene rings is 1. The first-order valence-electron chi connectivity index (χ1n) is 8.20. The van der Waals surface area contributed by atoms with Crippen LogP contribution >= 0.6 is 0 Å². The maximum Gasteiger partial charge on any atom is 0.259 e. The van der Waals surface area contributed by atoms with Gasteiger partial charge in [0, 0.05) is 5.56 Å². The molecule has 2 aromatic rings. The summed E-state index contributed by atoms with van der Waals surface area (Å²) in [6.07, 6.45) is 4.35. The molecule has 1 amide bonds. The van der Waals surface area contributed by atoms with Gasteiger partial charge in [-0.25, -0.2) is 9.37 Å². The number of aryl methyl sites for hydroxylation is 1. The van der Waals surface area contributed by atoms with E-state index in [-0.39, 0.29) is 28.4 Å². The van der Waals surface area contributed by atoms with Gasteiger partial charge in [0.2, 0.25) is 5.95 Å². The number of carbonyl (C=O) groups is 1. The topological polar surface area (TPSA) is 77.2 Å². The molecule has 3 N–H and O–H groups in total. The Kier molecular flexibility index (Phi) is 6.66. The molecule has 0 saturated heterocycles. The van der Waals surface area contributed by atoms with Crippen LogP contribution in [0.2, 0.25) is 0 Å². The fraction of sp³-hybridized carbons (Fsp3) is 0.263. The van der Waals surface area contributed by atoms with Crippen molar-refractivity contribution in [2.75, 3.05) is 17.7 Å². The van der Waals surface area contributed by atoms with E-state index < -0.39 is 17.7 Å². The summed E-state index contributed by atoms with van der Waals surface area (Å²) in [5.74, 6) is -2.34. The number of anilines is 2. The number of aromatic nitrogens is 1. The summed E-state index contributed by atoms with van der Waals surface area (Å²) in [4.78, 5) is 15.8. The first-order chi connectivity index (χ1) is 12.4. The van der Waals surface area contributed by atoms with Gasteiger partial charge in [-0.1, -0.05) is 12.1 Å². The average molecular weight is 361 g/mol. The molecule has 0 unspecified atom stereocenters. The van der Waals surface area contributed by atoms with Crippen LogP contribution < -0.4 is 15.8 Å². The lowest BCUT2D eigenvalue weighted by Crippen LogP contribution is -2.17. The van der Waals surface area contributed by atoms with Crippen molar-refractivity contribution in [1.29, 1.82) is 0 Å². The zero-order valence-corrected chi connectivity index (χ0v) is 14.5. The van der Waals surface area contributed by atoms with Crippen molar-refractivity contribution in [2.45, 2.75) is 26.2 Å². The highest BCUT2D eigenvalue weighted by molar-refractivity contribution is 6.07. The number of amides is 1. The number of carbonyl (C=O) groups excluding carboxylic acids is 1. The van der Waals surface area contributed by atoms with Crippen molar-refractivity contribution in [3.05, 3.63) is 59.8 Å². The number of halogens is 2. The molecular formula is C19H21F2N3O2. The van der Waals surface area contributed by atoms with Crippen LogP contribution in [0.5, 0.6) is 5.75 Å². The standard InChI is InChI=1S/C19H21F2N3O2/c1-3-4-5-6-10-26-15-9-7-8-14(16(15)20)23-19(25)13-11-12(2)17(21)24-18(13)22/h3,7-9,11H,1,4-6,10H2,2H3,(H2,22,24)(H,23,25). The predicted octanol–water partition coefficient (Wildman–Crippen LogP) is 4.24. The minimum atomic E-state index is -0.753. The Labute approximate surface area is 150 Å². The van der Waals surface area contributed by atoms with Gasteiger partial charge in [0.15, 0.2) is 11.6 Å². The second-order valence-electron chi connectivity index (χ2n) is 5.73. The van der Waals surface area contributed by atoms with E-state index in [0.717, 1.165) is 19.3 Å². The third-order valence-corrected chi connectivity index (χ3v) is 3.70. The highest BCUT2D eigenvalue weighted by Gasteiger charge is 2.17. The van der Waals surface area contributed by atoms with Gasteiger partial charge in [-0.05, 0) is 44.4 Å². The lowest BCUT2D eigenvalue weighted by atomic mass is 10.1. The molecule has 5 nitrogen and oxygen atoms in total. The highest BCUT2D eigenvalue weighted by atomic mass is 19.1. The van der Waals surface area contributed by atoms with E-state index in [1.54, 1.807) is 6.07 Å². The van der Waals surface area contributed by atoms with Crippen LogP contribution in [0.1, 0.15) is 35.2 Å². The van der Waals surface area contributed by atoms with Crippen LogP contribution in [-0.2, 0) is 0 Å². The number of rotatable bonds is 8. The maximum absolute atomic E-state index is 14.5. The molecule has 0 fully saturated rings. The van der Waals surface area contributed by atoms with Crippen molar-refractivity contribution in [2.24, 2.45) is 0 Å². The smallest absolute Gasteiger partial charge is 0.259 e. The monoisotopic (exact) mass is 361 g/mol. The molecule has 1 heterocycles. The lowest BCUT2D eigenvalue weighted by molar-refractivity contribution is 0.102. The number of nitrogens with zero attached hydrogens (tertiary/aromatic N) is 1. The Balaban J connectivity index is 2.10. The molecule has 138 valence electrons. The molecule has 1 aromatic carbocycles. The SMILES string of the molecule is C=CCCCCOc1cccc(NC(=O)c2cc(C)c(F)nc2N)c1F. The average Bonchev–Trinajstić information content (AvgIpc) is 2.60. The summed E-state index contributed by atoms with van der Waals surface area (Å²) < 4.78 is 33.3. The largest absolute Gasteiger partial charge is 0.490 e. The third kappa shape index (κ3) is 4.78. The molecule has 7 heteroatoms. The van der Waals surface area contributed by atoms with Crippen LogP contribution in [0.15, 0.2) is 36.9 Å². The maximum atomic E-state index is 14.5. The van der Waals surface area contributed by atoms with Crippen molar-refractivity contribution < 1.29 is 18.3 Å². The molecule has 0 saturated carbocycles. The van der Waals surface area contributed by atoms with Gasteiger partial charge in [0.25, 0.3) is 5.91 Å². The molecule has 0 atom stereocenters. The number of allylic oxidation sites excluding steroid dienone is 1. The normalized spacial score (nSPS) is 10.4. The molecule has 1 aromatic heterocycles. The van der Waals surface area contributed by atoms with Crippen LogP contribution in [0.3, 0.4) is 0 Å². The first-order valence-corrected chi connectivity index (χ1v) is 8.20. The molecule has 0 bridgehead atoms. The van der Waals surface area contributed by atoms with Crippen molar-refractivity contribution in [3.63, 3.8) is 0 Å². The van der Waals surface area contributed by atoms with E-state index in [0.29, 0.717) is 6.61 Å². The zero-order chi connectivity index (χ0) is 19.1. The number of hydrogen-bond donors (Lipinski definition) is 2. The summed E-state index contributed by atoms with van der Waals surface area (Å²) >= 11 is 0. The van der Waals surface area contributed by atoms with E-state index in [4.69, 9.17) is 10.5 Å². The number of pyridine rings is 1. The molecule has 0 aliphatic heterocycles. The molecule has 0 radical (unpaired) electrons. The number of nitrogen functional groups attached to an aromatic ring is 1. The van der Waals surface area contributed by atoms with E-state index in [2.05, 4.69) is 16.9 Å². The Morgan fingerprint density at radius 3 is 2.88 bits per heavy atom. The Bertz CT molecular complexity index is 810. The van der Waals surface area contributed by atoms with Crippen LogP contribution in [0, 0.1) is 18.7 Å². The fourth-order valence-electron chi connectivity index (χ4n) is 2.27. The van der Waals surface area contributed by atoms with E-state index >= 15 is 0 Å². The van der Waals surface area contributed by atoms with Crippen molar-refractivity contribution in [3.8, 4) is 5.75 Å². The van der Waals surface area contributed by atoms with E-state index in [1.807, 2.05) is 6.08 Å². The summed E-state index contributed by atoms with van der Waals surface area (Å²) in [6.45, 7) is 5.45. The van der Waals surface area contributed by atoms with Gasteiger partial charge >= 0.3 is 0 Å².